The van der Waals surface area contributed by atoms with Gasteiger partial charge in [0.05, 0.1) is 33.6 Å². The predicted octanol–water partition coefficient (Wildman–Crippen LogP) is 3.84. The first-order valence-electron chi connectivity index (χ1n) is 12.5. The molecule has 0 unspecified atom stereocenters. The van der Waals surface area contributed by atoms with E-state index in [2.05, 4.69) is 20.1 Å². The van der Waals surface area contributed by atoms with Crippen LogP contribution in [-0.2, 0) is 15.0 Å². The molecule has 4 atom stereocenters. The summed E-state index contributed by atoms with van der Waals surface area (Å²) in [6.45, 7) is 9.61. The number of likely N-dealkylation sites (tertiary alicyclic amines) is 1. The number of carbonyl (C=O) groups excluding carboxylic acids is 2. The molecule has 0 radical (unpaired) electrons. The van der Waals surface area contributed by atoms with Gasteiger partial charge < -0.3 is 14.5 Å². The summed E-state index contributed by atoms with van der Waals surface area (Å²) >= 11 is 1.59. The summed E-state index contributed by atoms with van der Waals surface area (Å²) in [6.07, 6.45) is 0.0288. The van der Waals surface area contributed by atoms with Crippen LogP contribution in [0.3, 0.4) is 0 Å². The zero-order valence-electron chi connectivity index (χ0n) is 21.6. The highest BCUT2D eigenvalue weighted by Crippen LogP contribution is 2.39. The highest BCUT2D eigenvalue weighted by molar-refractivity contribution is 7.13. The third-order valence-electron chi connectivity index (χ3n) is 7.47. The number of aliphatic imine (C=N–C) groups is 1. The quantitative estimate of drug-likeness (QED) is 0.523. The van der Waals surface area contributed by atoms with Crippen molar-refractivity contribution in [2.45, 2.75) is 70.9 Å². The summed E-state index contributed by atoms with van der Waals surface area (Å²) in [5.41, 5.74) is 4.54. The van der Waals surface area contributed by atoms with Crippen LogP contribution in [0.1, 0.15) is 62.5 Å². The molecule has 0 spiro atoms. The Kier molecular flexibility index (Phi) is 6.57. The fraction of sp³-hybridized carbons (Fsp3) is 0.481. The average molecular weight is 522 g/mol. The van der Waals surface area contributed by atoms with Gasteiger partial charge >= 0.3 is 0 Å². The SMILES string of the molecule is Cc1noc([C@H](C(=O)N2C[C@H](O)C[C@H]2C2=NC(=O)[C@](C)(c3ccc(-c4scnc4C)cc3)C2)C(C)C)n1. The van der Waals surface area contributed by atoms with Crippen LogP contribution < -0.4 is 0 Å². The molecular formula is C27H31N5O4S. The number of nitrogens with zero attached hydrogens (tertiary/aromatic N) is 5. The first kappa shape index (κ1) is 25.4. The molecule has 0 saturated carbocycles. The lowest BCUT2D eigenvalue weighted by atomic mass is 9.78. The third kappa shape index (κ3) is 4.53. The highest BCUT2D eigenvalue weighted by Gasteiger charge is 2.48. The Labute approximate surface area is 219 Å². The van der Waals surface area contributed by atoms with E-state index in [4.69, 9.17) is 4.52 Å². The number of aromatic nitrogens is 3. The molecule has 2 amide bonds. The molecule has 1 saturated heterocycles. The number of aliphatic hydroxyl groups excluding tert-OH is 1. The number of thiazole rings is 1. The van der Waals surface area contributed by atoms with Crippen molar-refractivity contribution in [1.29, 1.82) is 0 Å². The van der Waals surface area contributed by atoms with Crippen LogP contribution in [-0.4, -0.2) is 61.3 Å². The number of hydrogen-bond acceptors (Lipinski definition) is 8. The number of amides is 2. The number of aliphatic hydroxyl groups is 1. The largest absolute Gasteiger partial charge is 0.391 e. The Morgan fingerprint density at radius 3 is 2.57 bits per heavy atom. The molecule has 2 aliphatic rings. The molecule has 194 valence electrons. The van der Waals surface area contributed by atoms with Gasteiger partial charge in [-0.2, -0.15) is 4.98 Å². The van der Waals surface area contributed by atoms with E-state index in [1.54, 1.807) is 23.2 Å². The molecule has 2 aliphatic heterocycles. The maximum absolute atomic E-state index is 13.7. The minimum Gasteiger partial charge on any atom is -0.391 e. The number of benzene rings is 1. The maximum Gasteiger partial charge on any atom is 0.256 e. The summed E-state index contributed by atoms with van der Waals surface area (Å²) in [4.78, 5) is 42.8. The number of β-amino-alcohol motifs (C(OH)–C–C–N with tert-alkyl or cyclic N) is 1. The van der Waals surface area contributed by atoms with Gasteiger partial charge in [-0.05, 0) is 37.8 Å². The lowest BCUT2D eigenvalue weighted by molar-refractivity contribution is -0.134. The molecule has 1 aromatic carbocycles. The fourth-order valence-electron chi connectivity index (χ4n) is 5.38. The van der Waals surface area contributed by atoms with E-state index in [0.717, 1.165) is 21.7 Å². The number of hydrogen-bond donors (Lipinski definition) is 1. The van der Waals surface area contributed by atoms with Gasteiger partial charge in [0.1, 0.15) is 5.92 Å². The molecule has 1 N–H and O–H groups in total. The summed E-state index contributed by atoms with van der Waals surface area (Å²) < 4.78 is 5.35. The third-order valence-corrected chi connectivity index (χ3v) is 8.45. The lowest BCUT2D eigenvalue weighted by Gasteiger charge is -2.30. The van der Waals surface area contributed by atoms with Crippen molar-refractivity contribution in [2.24, 2.45) is 10.9 Å². The van der Waals surface area contributed by atoms with Gasteiger partial charge in [-0.3, -0.25) is 9.59 Å². The van der Waals surface area contributed by atoms with Gasteiger partial charge in [-0.25, -0.2) is 9.98 Å². The number of rotatable bonds is 6. The zero-order chi connectivity index (χ0) is 26.5. The van der Waals surface area contributed by atoms with Crippen LogP contribution in [0.2, 0.25) is 0 Å². The summed E-state index contributed by atoms with van der Waals surface area (Å²) in [7, 11) is 0. The van der Waals surface area contributed by atoms with Gasteiger partial charge in [-0.1, -0.05) is 43.3 Å². The van der Waals surface area contributed by atoms with Gasteiger partial charge in [0.15, 0.2) is 5.82 Å². The molecule has 10 heteroatoms. The van der Waals surface area contributed by atoms with E-state index in [-0.39, 0.29) is 30.2 Å². The lowest BCUT2D eigenvalue weighted by Crippen LogP contribution is -2.44. The highest BCUT2D eigenvalue weighted by atomic mass is 32.1. The summed E-state index contributed by atoms with van der Waals surface area (Å²) in [5.74, 6) is -0.434. The van der Waals surface area contributed by atoms with Gasteiger partial charge in [0.25, 0.3) is 5.91 Å². The van der Waals surface area contributed by atoms with Gasteiger partial charge in [0.2, 0.25) is 11.8 Å². The van der Waals surface area contributed by atoms with E-state index >= 15 is 0 Å². The van der Waals surface area contributed by atoms with Crippen LogP contribution >= 0.6 is 11.3 Å². The van der Waals surface area contributed by atoms with Crippen LogP contribution in [0, 0.1) is 19.8 Å². The van der Waals surface area contributed by atoms with Gasteiger partial charge in [0, 0.05) is 25.1 Å². The molecule has 9 nitrogen and oxygen atoms in total. The normalized spacial score (nSPS) is 24.7. The minimum atomic E-state index is -0.833. The summed E-state index contributed by atoms with van der Waals surface area (Å²) in [5, 5.41) is 14.4. The van der Waals surface area contributed by atoms with Crippen molar-refractivity contribution >= 4 is 28.9 Å². The van der Waals surface area contributed by atoms with Gasteiger partial charge in [-0.15, -0.1) is 11.3 Å². The van der Waals surface area contributed by atoms with Crippen LogP contribution in [0.4, 0.5) is 0 Å². The van der Waals surface area contributed by atoms with Crippen molar-refractivity contribution < 1.29 is 19.2 Å². The van der Waals surface area contributed by atoms with E-state index in [1.807, 2.05) is 57.5 Å². The standard InChI is InChI=1S/C27H31N5O4S/c1-14(2)22(24-29-16(4)31-36-24)25(34)32-12-19(33)10-21(32)20-11-27(5,26(35)30-20)18-8-6-17(7-9-18)23-15(3)28-13-37-23/h6-9,13-14,19,21-22,33H,10-12H2,1-5H3/t19-,21+,22-,27+/m1/s1. The topological polar surface area (TPSA) is 122 Å². The number of aryl methyl sites for hydroxylation is 2. The molecule has 0 bridgehead atoms. The molecular weight excluding hydrogens is 490 g/mol. The predicted molar refractivity (Wildman–Crippen MR) is 139 cm³/mol. The minimum absolute atomic E-state index is 0.0937. The average Bonchev–Trinajstić information content (AvgIpc) is 3.62. The van der Waals surface area contributed by atoms with E-state index in [9.17, 15) is 14.7 Å². The Hall–Kier alpha value is -3.24. The van der Waals surface area contributed by atoms with Crippen LogP contribution in [0.15, 0.2) is 39.3 Å². The van der Waals surface area contributed by atoms with E-state index in [1.165, 1.54) is 0 Å². The molecule has 0 aliphatic carbocycles. The zero-order valence-corrected chi connectivity index (χ0v) is 22.5. The van der Waals surface area contributed by atoms with Crippen molar-refractivity contribution in [3.05, 3.63) is 52.7 Å². The Bertz CT molecular complexity index is 1360. The molecule has 3 aromatic rings. The maximum atomic E-state index is 13.7. The summed E-state index contributed by atoms with van der Waals surface area (Å²) in [6, 6.07) is 7.52. The van der Waals surface area contributed by atoms with Crippen molar-refractivity contribution in [1.82, 2.24) is 20.0 Å². The first-order valence-corrected chi connectivity index (χ1v) is 13.4. The van der Waals surface area contributed by atoms with Crippen molar-refractivity contribution in [3.8, 4) is 10.4 Å². The monoisotopic (exact) mass is 521 g/mol. The van der Waals surface area contributed by atoms with Crippen molar-refractivity contribution in [2.75, 3.05) is 6.54 Å². The fourth-order valence-corrected chi connectivity index (χ4v) is 6.20. The Balaban J connectivity index is 1.39. The molecule has 4 heterocycles. The second-order valence-corrected chi connectivity index (χ2v) is 11.4. The van der Waals surface area contributed by atoms with Crippen molar-refractivity contribution in [3.63, 3.8) is 0 Å². The first-order chi connectivity index (χ1) is 17.6. The van der Waals surface area contributed by atoms with Crippen LogP contribution in [0.5, 0.6) is 0 Å². The Morgan fingerprint density at radius 1 is 1.24 bits per heavy atom. The van der Waals surface area contributed by atoms with E-state index in [0.29, 0.717) is 24.4 Å². The number of carbonyl (C=O) groups is 2. The molecule has 37 heavy (non-hydrogen) atoms. The molecule has 1 fully saturated rings. The van der Waals surface area contributed by atoms with Crippen LogP contribution in [0.25, 0.3) is 10.4 Å². The second kappa shape index (κ2) is 9.57. The molecule has 5 rings (SSSR count). The smallest absolute Gasteiger partial charge is 0.256 e. The second-order valence-electron chi connectivity index (χ2n) is 10.6. The Morgan fingerprint density at radius 2 is 1.97 bits per heavy atom. The van der Waals surface area contributed by atoms with E-state index < -0.39 is 23.5 Å². The molecule has 2 aromatic heterocycles.